The quantitative estimate of drug-likeness (QED) is 0.644. The van der Waals surface area contributed by atoms with Gasteiger partial charge in [0.25, 0.3) is 5.91 Å². The van der Waals surface area contributed by atoms with E-state index in [0.29, 0.717) is 29.4 Å². The first kappa shape index (κ1) is 19.5. The lowest BCUT2D eigenvalue weighted by atomic mass is 10.1. The van der Waals surface area contributed by atoms with Crippen molar-refractivity contribution in [2.24, 2.45) is 0 Å². The Labute approximate surface area is 163 Å². The Hall–Kier alpha value is -3.26. The number of anilines is 1. The molecule has 1 heterocycles. The molecule has 0 aliphatic rings. The Balaban J connectivity index is 1.66. The van der Waals surface area contributed by atoms with Crippen molar-refractivity contribution in [3.05, 3.63) is 65.5 Å². The van der Waals surface area contributed by atoms with Gasteiger partial charge in [-0.25, -0.2) is 4.68 Å². The summed E-state index contributed by atoms with van der Waals surface area (Å²) in [6.45, 7) is 4.69. The fourth-order valence-corrected chi connectivity index (χ4v) is 2.69. The first-order chi connectivity index (χ1) is 13.6. The maximum Gasteiger partial charge on any atom is 0.255 e. The predicted molar refractivity (Wildman–Crippen MR) is 104 cm³/mol. The molecule has 0 radical (unpaired) electrons. The molecule has 0 spiro atoms. The Morgan fingerprint density at radius 3 is 2.75 bits per heavy atom. The monoisotopic (exact) mass is 381 g/mol. The minimum Gasteiger partial charge on any atom is -0.486 e. The third kappa shape index (κ3) is 4.92. The average Bonchev–Trinajstić information content (AvgIpc) is 3.16. The van der Waals surface area contributed by atoms with Crippen molar-refractivity contribution in [1.82, 2.24) is 20.2 Å². The molecule has 0 saturated carbocycles. The Morgan fingerprint density at radius 2 is 1.96 bits per heavy atom. The summed E-state index contributed by atoms with van der Waals surface area (Å²) in [5.41, 5.74) is 2.19. The topological polar surface area (TPSA) is 91.2 Å². The van der Waals surface area contributed by atoms with Crippen molar-refractivity contribution in [3.8, 4) is 5.75 Å². The average molecular weight is 381 g/mol. The summed E-state index contributed by atoms with van der Waals surface area (Å²) in [4.78, 5) is 12.6. The zero-order valence-electron chi connectivity index (χ0n) is 16.1. The second-order valence-corrected chi connectivity index (χ2v) is 6.54. The van der Waals surface area contributed by atoms with Gasteiger partial charge >= 0.3 is 0 Å². The van der Waals surface area contributed by atoms with Crippen LogP contribution in [0.25, 0.3) is 0 Å². The van der Waals surface area contributed by atoms with E-state index in [1.165, 1.54) is 0 Å². The minimum absolute atomic E-state index is 0.139. The molecular weight excluding hydrogens is 358 g/mol. The van der Waals surface area contributed by atoms with Crippen molar-refractivity contribution < 1.29 is 14.3 Å². The Kier molecular flexibility index (Phi) is 6.33. The summed E-state index contributed by atoms with van der Waals surface area (Å²) in [6, 6.07) is 14.7. The molecule has 8 heteroatoms. The molecule has 3 aromatic rings. The van der Waals surface area contributed by atoms with Crippen LogP contribution in [0.1, 0.15) is 41.6 Å². The van der Waals surface area contributed by atoms with E-state index < -0.39 is 0 Å². The van der Waals surface area contributed by atoms with Gasteiger partial charge < -0.3 is 14.8 Å². The van der Waals surface area contributed by atoms with Crippen LogP contribution in [0.4, 0.5) is 5.69 Å². The molecule has 3 rings (SSSR count). The largest absolute Gasteiger partial charge is 0.486 e. The fourth-order valence-electron chi connectivity index (χ4n) is 2.69. The number of carbonyl (C=O) groups excluding carboxylic acids is 1. The summed E-state index contributed by atoms with van der Waals surface area (Å²) in [5, 5.41) is 14.5. The number of hydrogen-bond donors (Lipinski definition) is 1. The van der Waals surface area contributed by atoms with Gasteiger partial charge in [-0.15, -0.1) is 5.10 Å². The van der Waals surface area contributed by atoms with Crippen molar-refractivity contribution in [2.75, 3.05) is 12.4 Å². The molecule has 0 saturated heterocycles. The molecule has 1 amide bonds. The summed E-state index contributed by atoms with van der Waals surface area (Å²) in [6.07, 6.45) is 0. The first-order valence-corrected chi connectivity index (χ1v) is 8.95. The molecule has 8 nitrogen and oxygen atoms in total. The highest BCUT2D eigenvalue weighted by Crippen LogP contribution is 2.18. The molecule has 0 fully saturated rings. The van der Waals surface area contributed by atoms with Gasteiger partial charge in [-0.2, -0.15) is 0 Å². The number of ether oxygens (including phenoxy) is 2. The number of benzene rings is 2. The van der Waals surface area contributed by atoms with Gasteiger partial charge in [0.15, 0.2) is 5.82 Å². The number of tetrazole rings is 1. The summed E-state index contributed by atoms with van der Waals surface area (Å²) in [7, 11) is 1.64. The van der Waals surface area contributed by atoms with Crippen LogP contribution in [0.2, 0.25) is 0 Å². The van der Waals surface area contributed by atoms with Crippen LogP contribution in [0.5, 0.6) is 5.75 Å². The van der Waals surface area contributed by atoms with E-state index in [0.717, 1.165) is 5.56 Å². The lowest BCUT2D eigenvalue weighted by Gasteiger charge is -2.11. The van der Waals surface area contributed by atoms with Gasteiger partial charge in [0.2, 0.25) is 0 Å². The number of hydrogen-bond acceptors (Lipinski definition) is 6. The second kappa shape index (κ2) is 9.09. The Bertz CT molecular complexity index is 939. The molecule has 0 unspecified atom stereocenters. The highest BCUT2D eigenvalue weighted by atomic mass is 16.5. The molecule has 1 aromatic heterocycles. The van der Waals surface area contributed by atoms with Crippen LogP contribution in [0, 0.1) is 0 Å². The predicted octanol–water partition coefficient (Wildman–Crippen LogP) is 3.23. The molecule has 0 atom stereocenters. The number of methoxy groups -OCH3 is 1. The smallest absolute Gasteiger partial charge is 0.255 e. The van der Waals surface area contributed by atoms with Crippen molar-refractivity contribution >= 4 is 11.6 Å². The first-order valence-electron chi connectivity index (χ1n) is 8.95. The van der Waals surface area contributed by atoms with Crippen LogP contribution >= 0.6 is 0 Å². The third-order valence-electron chi connectivity index (χ3n) is 4.01. The number of nitrogens with one attached hydrogen (secondary N) is 1. The van der Waals surface area contributed by atoms with E-state index >= 15 is 0 Å². The SMILES string of the molecule is COCc1cccc(NC(=O)c2cccc(OCc3nnnn3C(C)C)c2)c1. The number of aromatic nitrogens is 4. The number of nitrogens with zero attached hydrogens (tertiary/aromatic N) is 4. The third-order valence-corrected chi connectivity index (χ3v) is 4.01. The molecular formula is C20H23N5O3. The van der Waals surface area contributed by atoms with Crippen molar-refractivity contribution in [2.45, 2.75) is 33.1 Å². The van der Waals surface area contributed by atoms with Gasteiger partial charge in [0, 0.05) is 18.4 Å². The van der Waals surface area contributed by atoms with Gasteiger partial charge in [0.1, 0.15) is 12.4 Å². The van der Waals surface area contributed by atoms with E-state index in [2.05, 4.69) is 20.8 Å². The van der Waals surface area contributed by atoms with Crippen LogP contribution in [-0.2, 0) is 18.0 Å². The summed E-state index contributed by atoms with van der Waals surface area (Å²) in [5.74, 6) is 0.978. The van der Waals surface area contributed by atoms with E-state index in [1.807, 2.05) is 38.1 Å². The summed E-state index contributed by atoms with van der Waals surface area (Å²) < 4.78 is 12.6. The molecule has 146 valence electrons. The van der Waals surface area contributed by atoms with E-state index in [9.17, 15) is 4.79 Å². The van der Waals surface area contributed by atoms with E-state index in [1.54, 1.807) is 36.1 Å². The zero-order valence-corrected chi connectivity index (χ0v) is 16.1. The van der Waals surface area contributed by atoms with Gasteiger partial charge in [0.05, 0.1) is 12.6 Å². The molecule has 28 heavy (non-hydrogen) atoms. The van der Waals surface area contributed by atoms with Crippen LogP contribution in [-0.4, -0.2) is 33.2 Å². The van der Waals surface area contributed by atoms with Gasteiger partial charge in [-0.1, -0.05) is 18.2 Å². The van der Waals surface area contributed by atoms with E-state index in [-0.39, 0.29) is 18.6 Å². The highest BCUT2D eigenvalue weighted by Gasteiger charge is 2.11. The molecule has 0 bridgehead atoms. The minimum atomic E-state index is -0.216. The summed E-state index contributed by atoms with van der Waals surface area (Å²) >= 11 is 0. The van der Waals surface area contributed by atoms with Crippen LogP contribution in [0.15, 0.2) is 48.5 Å². The molecule has 1 N–H and O–H groups in total. The molecule has 0 aliphatic carbocycles. The Morgan fingerprint density at radius 1 is 1.14 bits per heavy atom. The van der Waals surface area contributed by atoms with Crippen LogP contribution < -0.4 is 10.1 Å². The second-order valence-electron chi connectivity index (χ2n) is 6.54. The number of carbonyl (C=O) groups is 1. The molecule has 0 aliphatic heterocycles. The van der Waals surface area contributed by atoms with Crippen molar-refractivity contribution in [1.29, 1.82) is 0 Å². The number of amides is 1. The fraction of sp³-hybridized carbons (Fsp3) is 0.300. The lowest BCUT2D eigenvalue weighted by molar-refractivity contribution is 0.102. The van der Waals surface area contributed by atoms with Crippen molar-refractivity contribution in [3.63, 3.8) is 0 Å². The standard InChI is InChI=1S/C20H23N5O3/c1-14(2)25-19(22-23-24-25)13-28-18-9-5-7-16(11-18)20(26)21-17-8-4-6-15(10-17)12-27-3/h4-11,14H,12-13H2,1-3H3,(H,21,26). The maximum absolute atomic E-state index is 12.6. The van der Waals surface area contributed by atoms with E-state index in [4.69, 9.17) is 9.47 Å². The zero-order chi connectivity index (χ0) is 19.9. The normalized spacial score (nSPS) is 10.9. The number of rotatable bonds is 8. The highest BCUT2D eigenvalue weighted by molar-refractivity contribution is 6.04. The maximum atomic E-state index is 12.6. The van der Waals surface area contributed by atoms with Crippen LogP contribution in [0.3, 0.4) is 0 Å². The molecule has 2 aromatic carbocycles. The van der Waals surface area contributed by atoms with Gasteiger partial charge in [-0.05, 0) is 60.2 Å². The lowest BCUT2D eigenvalue weighted by Crippen LogP contribution is -2.13. The van der Waals surface area contributed by atoms with Gasteiger partial charge in [-0.3, -0.25) is 4.79 Å².